The van der Waals surface area contributed by atoms with Crippen molar-refractivity contribution in [1.29, 1.82) is 0 Å². The summed E-state index contributed by atoms with van der Waals surface area (Å²) in [6, 6.07) is 0. The molecule has 0 amide bonds. The monoisotopic (exact) mass is 203 g/mol. The Morgan fingerprint density at radius 2 is 2.00 bits per heavy atom. The number of hydrogen-bond donors (Lipinski definition) is 3. The molecule has 0 unspecified atom stereocenters. The SMILES string of the molecule is C=C(NCC(F)F)/C(N)=C/C=C(/C)N. The van der Waals surface area contributed by atoms with Gasteiger partial charge in [-0.1, -0.05) is 6.58 Å². The van der Waals surface area contributed by atoms with Crippen LogP contribution in [0, 0.1) is 0 Å². The number of alkyl halides is 2. The molecule has 0 aromatic rings. The van der Waals surface area contributed by atoms with E-state index >= 15 is 0 Å². The van der Waals surface area contributed by atoms with Gasteiger partial charge in [-0.15, -0.1) is 0 Å². The third-order valence-corrected chi connectivity index (χ3v) is 1.34. The van der Waals surface area contributed by atoms with Gasteiger partial charge in [-0.25, -0.2) is 8.78 Å². The summed E-state index contributed by atoms with van der Waals surface area (Å²) in [7, 11) is 0. The van der Waals surface area contributed by atoms with E-state index < -0.39 is 13.0 Å². The molecule has 0 bridgehead atoms. The van der Waals surface area contributed by atoms with Gasteiger partial charge in [0.05, 0.1) is 17.9 Å². The molecular formula is C9H15F2N3. The highest BCUT2D eigenvalue weighted by Crippen LogP contribution is 1.99. The highest BCUT2D eigenvalue weighted by atomic mass is 19.3. The highest BCUT2D eigenvalue weighted by molar-refractivity contribution is 5.28. The van der Waals surface area contributed by atoms with Gasteiger partial charge in [-0.2, -0.15) is 0 Å². The third kappa shape index (κ3) is 6.05. The molecule has 0 spiro atoms. The van der Waals surface area contributed by atoms with E-state index in [2.05, 4.69) is 11.9 Å². The first-order valence-electron chi connectivity index (χ1n) is 4.04. The number of rotatable bonds is 5. The normalized spacial score (nSPS) is 13.1. The molecule has 80 valence electrons. The molecule has 0 radical (unpaired) electrons. The number of halogens is 2. The molecule has 0 aliphatic carbocycles. The summed E-state index contributed by atoms with van der Waals surface area (Å²) < 4.78 is 23.6. The van der Waals surface area contributed by atoms with E-state index in [0.29, 0.717) is 5.70 Å². The van der Waals surface area contributed by atoms with Crippen molar-refractivity contribution in [3.8, 4) is 0 Å². The molecule has 0 atom stereocenters. The number of nitrogens with one attached hydrogen (secondary N) is 1. The first-order valence-corrected chi connectivity index (χ1v) is 4.04. The van der Waals surface area contributed by atoms with Crippen molar-refractivity contribution in [1.82, 2.24) is 5.32 Å². The van der Waals surface area contributed by atoms with Gasteiger partial charge in [0.15, 0.2) is 0 Å². The Kier molecular flexibility index (Phi) is 5.36. The molecule has 0 fully saturated rings. The third-order valence-electron chi connectivity index (χ3n) is 1.34. The molecule has 0 saturated heterocycles. The van der Waals surface area contributed by atoms with E-state index in [4.69, 9.17) is 11.5 Å². The second-order valence-electron chi connectivity index (χ2n) is 2.78. The molecular weight excluding hydrogens is 188 g/mol. The summed E-state index contributed by atoms with van der Waals surface area (Å²) in [4.78, 5) is 0. The van der Waals surface area contributed by atoms with Crippen LogP contribution in [0.5, 0.6) is 0 Å². The molecule has 0 aliphatic rings. The Morgan fingerprint density at radius 1 is 1.43 bits per heavy atom. The van der Waals surface area contributed by atoms with Crippen molar-refractivity contribution in [2.75, 3.05) is 6.54 Å². The molecule has 0 heterocycles. The van der Waals surface area contributed by atoms with Crippen LogP contribution in [0.3, 0.4) is 0 Å². The fourth-order valence-electron chi connectivity index (χ4n) is 0.624. The van der Waals surface area contributed by atoms with Crippen LogP contribution in [-0.4, -0.2) is 13.0 Å². The first-order chi connectivity index (χ1) is 6.43. The summed E-state index contributed by atoms with van der Waals surface area (Å²) in [6.45, 7) is 4.73. The second-order valence-corrected chi connectivity index (χ2v) is 2.78. The van der Waals surface area contributed by atoms with Crippen LogP contribution in [0.4, 0.5) is 8.78 Å². The smallest absolute Gasteiger partial charge is 0.255 e. The van der Waals surface area contributed by atoms with Crippen LogP contribution in [0.1, 0.15) is 6.92 Å². The topological polar surface area (TPSA) is 64.1 Å². The second kappa shape index (κ2) is 6.01. The van der Waals surface area contributed by atoms with Gasteiger partial charge in [0.25, 0.3) is 6.43 Å². The van der Waals surface area contributed by atoms with E-state index in [0.717, 1.165) is 0 Å². The minimum Gasteiger partial charge on any atom is -0.402 e. The standard InChI is InChI=1S/C9H15F2N3/c1-6(12)3-4-8(13)7(2)14-5-9(10)11/h3-4,9,14H,2,5,12-13H2,1H3/b6-3-,8-4-. The lowest BCUT2D eigenvalue weighted by molar-refractivity contribution is 0.150. The van der Waals surface area contributed by atoms with Gasteiger partial charge in [0.2, 0.25) is 0 Å². The molecule has 0 aromatic carbocycles. The average molecular weight is 203 g/mol. The van der Waals surface area contributed by atoms with Crippen molar-refractivity contribution >= 4 is 0 Å². The molecule has 3 nitrogen and oxygen atoms in total. The Morgan fingerprint density at radius 3 is 2.43 bits per heavy atom. The molecule has 0 saturated carbocycles. The summed E-state index contributed by atoms with van der Waals surface area (Å²) in [5.74, 6) is 0. The zero-order valence-electron chi connectivity index (χ0n) is 8.06. The predicted octanol–water partition coefficient (Wildman–Crippen LogP) is 1.06. The fraction of sp³-hybridized carbons (Fsp3) is 0.333. The number of allylic oxidation sites excluding steroid dienone is 3. The van der Waals surface area contributed by atoms with Crippen LogP contribution in [0.15, 0.2) is 35.8 Å². The van der Waals surface area contributed by atoms with Crippen LogP contribution < -0.4 is 16.8 Å². The lowest BCUT2D eigenvalue weighted by Crippen LogP contribution is -2.23. The van der Waals surface area contributed by atoms with Crippen LogP contribution in [-0.2, 0) is 0 Å². The average Bonchev–Trinajstić information content (AvgIpc) is 2.09. The lowest BCUT2D eigenvalue weighted by Gasteiger charge is -2.08. The van der Waals surface area contributed by atoms with Crippen molar-refractivity contribution in [2.45, 2.75) is 13.3 Å². The van der Waals surface area contributed by atoms with Crippen molar-refractivity contribution in [3.05, 3.63) is 35.8 Å². The summed E-state index contributed by atoms with van der Waals surface area (Å²) in [5, 5.41) is 2.40. The Hall–Kier alpha value is -1.52. The van der Waals surface area contributed by atoms with E-state index in [1.54, 1.807) is 13.0 Å². The summed E-state index contributed by atoms with van der Waals surface area (Å²) in [6.07, 6.45) is 0.659. The minimum absolute atomic E-state index is 0.266. The molecule has 5 N–H and O–H groups in total. The van der Waals surface area contributed by atoms with Gasteiger partial charge >= 0.3 is 0 Å². The molecule has 0 aromatic heterocycles. The van der Waals surface area contributed by atoms with E-state index in [-0.39, 0.29) is 11.4 Å². The van der Waals surface area contributed by atoms with E-state index in [1.807, 2.05) is 0 Å². The molecule has 0 rings (SSSR count). The number of hydrogen-bond acceptors (Lipinski definition) is 3. The zero-order valence-corrected chi connectivity index (χ0v) is 8.06. The Balaban J connectivity index is 4.12. The molecule has 0 aliphatic heterocycles. The van der Waals surface area contributed by atoms with Crippen LogP contribution >= 0.6 is 0 Å². The van der Waals surface area contributed by atoms with Crippen molar-refractivity contribution < 1.29 is 8.78 Å². The van der Waals surface area contributed by atoms with Gasteiger partial charge < -0.3 is 16.8 Å². The zero-order chi connectivity index (χ0) is 11.1. The Bertz CT molecular complexity index is 253. The largest absolute Gasteiger partial charge is 0.402 e. The van der Waals surface area contributed by atoms with Crippen molar-refractivity contribution in [3.63, 3.8) is 0 Å². The maximum absolute atomic E-state index is 11.8. The lowest BCUT2D eigenvalue weighted by atomic mass is 10.3. The van der Waals surface area contributed by atoms with Gasteiger partial charge in [0, 0.05) is 5.70 Å². The molecule has 5 heteroatoms. The maximum Gasteiger partial charge on any atom is 0.255 e. The van der Waals surface area contributed by atoms with Crippen LogP contribution in [0.25, 0.3) is 0 Å². The minimum atomic E-state index is -2.42. The van der Waals surface area contributed by atoms with Gasteiger partial charge in [-0.3, -0.25) is 0 Å². The van der Waals surface area contributed by atoms with Gasteiger partial charge in [0.1, 0.15) is 0 Å². The van der Waals surface area contributed by atoms with E-state index in [1.165, 1.54) is 6.08 Å². The van der Waals surface area contributed by atoms with E-state index in [9.17, 15) is 8.78 Å². The molecule has 14 heavy (non-hydrogen) atoms. The fourth-order valence-corrected chi connectivity index (χ4v) is 0.624. The van der Waals surface area contributed by atoms with Gasteiger partial charge in [-0.05, 0) is 19.1 Å². The number of nitrogens with two attached hydrogens (primary N) is 2. The summed E-state index contributed by atoms with van der Waals surface area (Å²) >= 11 is 0. The predicted molar refractivity (Wildman–Crippen MR) is 53.4 cm³/mol. The maximum atomic E-state index is 11.8. The van der Waals surface area contributed by atoms with Crippen LogP contribution in [0.2, 0.25) is 0 Å². The van der Waals surface area contributed by atoms with Crippen molar-refractivity contribution in [2.24, 2.45) is 11.5 Å². The Labute approximate surface area is 82.2 Å². The first kappa shape index (κ1) is 12.5. The summed E-state index contributed by atoms with van der Waals surface area (Å²) in [5.41, 5.74) is 12.0. The quantitative estimate of drug-likeness (QED) is 0.585. The highest BCUT2D eigenvalue weighted by Gasteiger charge is 2.02.